The van der Waals surface area contributed by atoms with Crippen LogP contribution < -0.4 is 10.5 Å². The molecule has 1 aromatic carbocycles. The van der Waals surface area contributed by atoms with E-state index in [1.807, 2.05) is 24.3 Å². The molecule has 0 aliphatic rings. The van der Waals surface area contributed by atoms with Gasteiger partial charge in [-0.3, -0.25) is 10.1 Å². The van der Waals surface area contributed by atoms with Crippen LogP contribution >= 0.6 is 0 Å². The van der Waals surface area contributed by atoms with Crippen molar-refractivity contribution < 1.29 is 4.74 Å². The third-order valence-electron chi connectivity index (χ3n) is 3.04. The number of benzene rings is 1. The van der Waals surface area contributed by atoms with Gasteiger partial charge in [-0.15, -0.1) is 0 Å². The predicted octanol–water partition coefficient (Wildman–Crippen LogP) is 1.32. The van der Waals surface area contributed by atoms with E-state index in [0.717, 1.165) is 11.3 Å². The number of rotatable bonds is 4. The van der Waals surface area contributed by atoms with Crippen LogP contribution in [0.3, 0.4) is 0 Å². The summed E-state index contributed by atoms with van der Waals surface area (Å²) in [6, 6.07) is 7.11. The normalized spacial score (nSPS) is 12.1. The average Bonchev–Trinajstić information content (AvgIpc) is 3.05. The summed E-state index contributed by atoms with van der Waals surface area (Å²) in [7, 11) is 1.62. The van der Waals surface area contributed by atoms with E-state index in [0.29, 0.717) is 17.3 Å². The van der Waals surface area contributed by atoms with E-state index in [1.165, 1.54) is 0 Å². The fourth-order valence-electron chi connectivity index (χ4n) is 1.94. The number of hydrogen-bond acceptors (Lipinski definition) is 6. The average molecular weight is 282 g/mol. The first kappa shape index (κ1) is 13.2. The molecule has 0 spiro atoms. The number of nitrogens with zero attached hydrogens (tertiary/aromatic N) is 4. The van der Waals surface area contributed by atoms with Crippen molar-refractivity contribution in [2.24, 2.45) is 5.73 Å². The summed E-state index contributed by atoms with van der Waals surface area (Å²) in [4.78, 5) is 12.5. The lowest BCUT2D eigenvalue weighted by Gasteiger charge is -2.09. The van der Waals surface area contributed by atoms with Gasteiger partial charge in [0.05, 0.1) is 19.3 Å². The SMILES string of the molecule is COc1cccc(C(N)c2nc(-c3cnccn3)n[nH]2)c1. The lowest BCUT2D eigenvalue weighted by molar-refractivity contribution is 0.414. The van der Waals surface area contributed by atoms with Gasteiger partial charge in [0, 0.05) is 12.4 Å². The molecule has 3 N–H and O–H groups in total. The smallest absolute Gasteiger partial charge is 0.201 e. The van der Waals surface area contributed by atoms with Crippen LogP contribution in [0.1, 0.15) is 17.4 Å². The molecule has 1 unspecified atom stereocenters. The lowest BCUT2D eigenvalue weighted by Crippen LogP contribution is -2.13. The molecule has 3 aromatic rings. The number of aromatic nitrogens is 5. The maximum atomic E-state index is 6.21. The molecule has 7 heteroatoms. The summed E-state index contributed by atoms with van der Waals surface area (Å²) in [6.45, 7) is 0. The van der Waals surface area contributed by atoms with Crippen molar-refractivity contribution in [1.82, 2.24) is 25.1 Å². The molecule has 3 rings (SSSR count). The topological polar surface area (TPSA) is 103 Å². The van der Waals surface area contributed by atoms with Crippen LogP contribution in [0.25, 0.3) is 11.5 Å². The van der Waals surface area contributed by atoms with Crippen LogP contribution in [-0.2, 0) is 0 Å². The third kappa shape index (κ3) is 2.72. The molecular formula is C14H14N6O. The Morgan fingerprint density at radius 1 is 1.29 bits per heavy atom. The molecule has 0 radical (unpaired) electrons. The Morgan fingerprint density at radius 3 is 2.95 bits per heavy atom. The van der Waals surface area contributed by atoms with E-state index in [-0.39, 0.29) is 0 Å². The maximum absolute atomic E-state index is 6.21. The van der Waals surface area contributed by atoms with E-state index in [4.69, 9.17) is 10.5 Å². The molecule has 7 nitrogen and oxygen atoms in total. The van der Waals surface area contributed by atoms with Gasteiger partial charge < -0.3 is 10.5 Å². The van der Waals surface area contributed by atoms with Crippen molar-refractivity contribution in [3.05, 3.63) is 54.2 Å². The molecule has 0 saturated heterocycles. The van der Waals surface area contributed by atoms with Crippen LogP contribution in [0.5, 0.6) is 5.75 Å². The Labute approximate surface area is 121 Å². The second-order valence-corrected chi connectivity index (χ2v) is 4.39. The minimum atomic E-state index is -0.418. The predicted molar refractivity (Wildman–Crippen MR) is 76.4 cm³/mol. The second kappa shape index (κ2) is 5.68. The summed E-state index contributed by atoms with van der Waals surface area (Å²) in [5.74, 6) is 1.77. The van der Waals surface area contributed by atoms with Crippen LogP contribution in [0.15, 0.2) is 42.9 Å². The summed E-state index contributed by atoms with van der Waals surface area (Å²) in [5.41, 5.74) is 7.69. The van der Waals surface area contributed by atoms with Gasteiger partial charge >= 0.3 is 0 Å². The van der Waals surface area contributed by atoms with Crippen LogP contribution in [0, 0.1) is 0 Å². The molecule has 21 heavy (non-hydrogen) atoms. The van der Waals surface area contributed by atoms with Crippen LogP contribution in [-0.4, -0.2) is 32.3 Å². The first-order valence-corrected chi connectivity index (χ1v) is 6.36. The first-order valence-electron chi connectivity index (χ1n) is 6.36. The summed E-state index contributed by atoms with van der Waals surface area (Å²) in [6.07, 6.45) is 4.79. The molecule has 1 atom stereocenters. The molecule has 0 saturated carbocycles. The number of ether oxygens (including phenoxy) is 1. The number of H-pyrrole nitrogens is 1. The van der Waals surface area contributed by atoms with Gasteiger partial charge in [-0.1, -0.05) is 12.1 Å². The van der Waals surface area contributed by atoms with E-state index in [1.54, 1.807) is 25.7 Å². The van der Waals surface area contributed by atoms with Gasteiger partial charge in [0.1, 0.15) is 17.3 Å². The Morgan fingerprint density at radius 2 is 2.19 bits per heavy atom. The highest BCUT2D eigenvalue weighted by molar-refractivity contribution is 5.46. The monoisotopic (exact) mass is 282 g/mol. The Hall–Kier alpha value is -2.80. The number of nitrogens with one attached hydrogen (secondary N) is 1. The summed E-state index contributed by atoms with van der Waals surface area (Å²) in [5, 5.41) is 6.97. The molecule has 0 aliphatic carbocycles. The maximum Gasteiger partial charge on any atom is 0.201 e. The zero-order valence-corrected chi connectivity index (χ0v) is 11.4. The Kier molecular flexibility index (Phi) is 3.57. The zero-order chi connectivity index (χ0) is 14.7. The van der Waals surface area contributed by atoms with Crippen molar-refractivity contribution >= 4 is 0 Å². The van der Waals surface area contributed by atoms with E-state index in [2.05, 4.69) is 25.1 Å². The highest BCUT2D eigenvalue weighted by Crippen LogP contribution is 2.22. The van der Waals surface area contributed by atoms with E-state index >= 15 is 0 Å². The fraction of sp³-hybridized carbons (Fsp3) is 0.143. The van der Waals surface area contributed by atoms with Crippen LogP contribution in [0.2, 0.25) is 0 Å². The summed E-state index contributed by atoms with van der Waals surface area (Å²) < 4.78 is 5.20. The van der Waals surface area contributed by atoms with Crippen molar-refractivity contribution in [2.75, 3.05) is 7.11 Å². The van der Waals surface area contributed by atoms with Gasteiger partial charge in [-0.2, -0.15) is 5.10 Å². The van der Waals surface area contributed by atoms with Crippen molar-refractivity contribution in [2.45, 2.75) is 6.04 Å². The van der Waals surface area contributed by atoms with Gasteiger partial charge in [0.2, 0.25) is 5.82 Å². The molecule has 0 aliphatic heterocycles. The van der Waals surface area contributed by atoms with Crippen LogP contribution in [0.4, 0.5) is 0 Å². The van der Waals surface area contributed by atoms with Gasteiger partial charge in [-0.05, 0) is 17.7 Å². The molecule has 0 bridgehead atoms. The zero-order valence-electron chi connectivity index (χ0n) is 11.4. The molecular weight excluding hydrogens is 268 g/mol. The standard InChI is InChI=1S/C14H14N6O/c1-21-10-4-2-3-9(7-10)12(15)14-18-13(19-20-14)11-8-16-5-6-17-11/h2-8,12H,15H2,1H3,(H,18,19,20). The molecule has 0 fully saturated rings. The third-order valence-corrected chi connectivity index (χ3v) is 3.04. The minimum absolute atomic E-state index is 0.418. The first-order chi connectivity index (χ1) is 10.3. The van der Waals surface area contributed by atoms with Crippen molar-refractivity contribution in [3.63, 3.8) is 0 Å². The molecule has 2 aromatic heterocycles. The van der Waals surface area contributed by atoms with Crippen molar-refractivity contribution in [1.29, 1.82) is 0 Å². The summed E-state index contributed by atoms with van der Waals surface area (Å²) >= 11 is 0. The number of hydrogen-bond donors (Lipinski definition) is 2. The van der Waals surface area contributed by atoms with Crippen molar-refractivity contribution in [3.8, 4) is 17.3 Å². The quantitative estimate of drug-likeness (QED) is 0.748. The second-order valence-electron chi connectivity index (χ2n) is 4.39. The lowest BCUT2D eigenvalue weighted by atomic mass is 10.1. The molecule has 106 valence electrons. The highest BCUT2D eigenvalue weighted by atomic mass is 16.5. The molecule has 0 amide bonds. The number of methoxy groups -OCH3 is 1. The van der Waals surface area contributed by atoms with Gasteiger partial charge in [0.15, 0.2) is 0 Å². The van der Waals surface area contributed by atoms with E-state index in [9.17, 15) is 0 Å². The van der Waals surface area contributed by atoms with Gasteiger partial charge in [-0.25, -0.2) is 9.97 Å². The van der Waals surface area contributed by atoms with E-state index < -0.39 is 6.04 Å². The highest BCUT2D eigenvalue weighted by Gasteiger charge is 2.15. The Bertz CT molecular complexity index is 727. The fourth-order valence-corrected chi connectivity index (χ4v) is 1.94. The Balaban J connectivity index is 1.88. The molecule has 2 heterocycles. The largest absolute Gasteiger partial charge is 0.497 e. The van der Waals surface area contributed by atoms with Gasteiger partial charge in [0.25, 0.3) is 0 Å². The number of aromatic amines is 1. The minimum Gasteiger partial charge on any atom is -0.497 e. The number of nitrogens with two attached hydrogens (primary N) is 1.